The van der Waals surface area contributed by atoms with Gasteiger partial charge in [0.2, 0.25) is 0 Å². The van der Waals surface area contributed by atoms with E-state index in [1.807, 2.05) is 19.2 Å². The van der Waals surface area contributed by atoms with Gasteiger partial charge in [0.1, 0.15) is 10.0 Å². The molecular weight excluding hydrogens is 260 g/mol. The minimum Gasteiger partial charge on any atom is -0.357 e. The standard InChI is InChI=1S/C10H11ClN4OS/c1-10(2,9-12-3-4-17-9)15-7-6(11)8(16)14-5-13-7/h3-5H,1-2H3,(H2,13,14,15,16). The van der Waals surface area contributed by atoms with Crippen LogP contribution in [0.2, 0.25) is 5.02 Å². The molecule has 0 saturated carbocycles. The molecule has 2 heterocycles. The van der Waals surface area contributed by atoms with Crippen LogP contribution in [0, 0.1) is 0 Å². The third-order valence-corrected chi connectivity index (χ3v) is 3.64. The monoisotopic (exact) mass is 270 g/mol. The van der Waals surface area contributed by atoms with E-state index < -0.39 is 5.54 Å². The highest BCUT2D eigenvalue weighted by atomic mass is 35.5. The van der Waals surface area contributed by atoms with Gasteiger partial charge < -0.3 is 10.3 Å². The molecule has 2 rings (SSSR count). The summed E-state index contributed by atoms with van der Waals surface area (Å²) in [4.78, 5) is 22.0. The maximum atomic E-state index is 11.3. The predicted octanol–water partition coefficient (Wildman–Crippen LogP) is 2.23. The predicted molar refractivity (Wildman–Crippen MR) is 68.6 cm³/mol. The first-order valence-corrected chi connectivity index (χ1v) is 6.18. The largest absolute Gasteiger partial charge is 0.357 e. The van der Waals surface area contributed by atoms with E-state index in [0.717, 1.165) is 5.01 Å². The smallest absolute Gasteiger partial charge is 0.271 e. The summed E-state index contributed by atoms with van der Waals surface area (Å²) in [5.74, 6) is 0.357. The van der Waals surface area contributed by atoms with Crippen molar-refractivity contribution in [2.75, 3.05) is 5.32 Å². The third kappa shape index (κ3) is 2.48. The summed E-state index contributed by atoms with van der Waals surface area (Å²) in [6, 6.07) is 0. The zero-order chi connectivity index (χ0) is 12.5. The molecule has 0 saturated heterocycles. The molecule has 0 radical (unpaired) electrons. The molecule has 0 fully saturated rings. The van der Waals surface area contributed by atoms with Crippen molar-refractivity contribution in [2.45, 2.75) is 19.4 Å². The van der Waals surface area contributed by atoms with Crippen LogP contribution in [0.1, 0.15) is 18.9 Å². The van der Waals surface area contributed by atoms with Gasteiger partial charge in [-0.2, -0.15) is 0 Å². The molecule has 0 aliphatic heterocycles. The van der Waals surface area contributed by atoms with Crippen LogP contribution in [0.4, 0.5) is 5.82 Å². The fourth-order valence-corrected chi connectivity index (χ4v) is 2.22. The van der Waals surface area contributed by atoms with Crippen molar-refractivity contribution in [3.8, 4) is 0 Å². The summed E-state index contributed by atoms with van der Waals surface area (Å²) in [6.45, 7) is 3.90. The van der Waals surface area contributed by atoms with E-state index in [2.05, 4.69) is 20.3 Å². The van der Waals surface area contributed by atoms with Crippen molar-refractivity contribution >= 4 is 28.8 Å². The van der Waals surface area contributed by atoms with Crippen molar-refractivity contribution in [3.63, 3.8) is 0 Å². The highest BCUT2D eigenvalue weighted by Gasteiger charge is 2.24. The second-order valence-electron chi connectivity index (χ2n) is 3.98. The van der Waals surface area contributed by atoms with Crippen molar-refractivity contribution in [2.24, 2.45) is 0 Å². The lowest BCUT2D eigenvalue weighted by atomic mass is 10.1. The average Bonchev–Trinajstić information content (AvgIpc) is 2.78. The number of nitrogens with one attached hydrogen (secondary N) is 2. The van der Waals surface area contributed by atoms with Crippen molar-refractivity contribution in [3.05, 3.63) is 38.3 Å². The number of aromatic nitrogens is 3. The van der Waals surface area contributed by atoms with Crippen molar-refractivity contribution < 1.29 is 0 Å². The van der Waals surface area contributed by atoms with Crippen LogP contribution in [0.3, 0.4) is 0 Å². The van der Waals surface area contributed by atoms with Gasteiger partial charge in [-0.25, -0.2) is 9.97 Å². The number of anilines is 1. The van der Waals surface area contributed by atoms with Crippen LogP contribution in [0.25, 0.3) is 0 Å². The molecule has 2 N–H and O–H groups in total. The molecule has 7 heteroatoms. The zero-order valence-electron chi connectivity index (χ0n) is 9.32. The minimum absolute atomic E-state index is 0.0529. The Morgan fingerprint density at radius 1 is 1.47 bits per heavy atom. The molecule has 2 aromatic rings. The fraction of sp³-hybridized carbons (Fsp3) is 0.300. The molecule has 0 amide bonds. The van der Waals surface area contributed by atoms with Gasteiger partial charge in [0, 0.05) is 11.6 Å². The number of hydrogen-bond acceptors (Lipinski definition) is 5. The molecule has 5 nitrogen and oxygen atoms in total. The Morgan fingerprint density at radius 2 is 2.24 bits per heavy atom. The molecule has 0 aliphatic carbocycles. The summed E-state index contributed by atoms with van der Waals surface area (Å²) in [5, 5.41) is 5.96. The SMILES string of the molecule is CC(C)(Nc1nc[nH]c(=O)c1Cl)c1nccs1. The second kappa shape index (κ2) is 4.46. The second-order valence-corrected chi connectivity index (χ2v) is 5.25. The maximum absolute atomic E-state index is 11.3. The van der Waals surface area contributed by atoms with Crippen LogP contribution >= 0.6 is 22.9 Å². The van der Waals surface area contributed by atoms with Crippen molar-refractivity contribution in [1.29, 1.82) is 0 Å². The molecule has 0 aliphatic rings. The van der Waals surface area contributed by atoms with E-state index in [1.165, 1.54) is 17.7 Å². The van der Waals surface area contributed by atoms with Gasteiger partial charge in [-0.1, -0.05) is 11.6 Å². The molecule has 2 aromatic heterocycles. The highest BCUT2D eigenvalue weighted by molar-refractivity contribution is 7.09. The Kier molecular flexibility index (Phi) is 3.17. The van der Waals surface area contributed by atoms with Crippen LogP contribution in [0.5, 0.6) is 0 Å². The van der Waals surface area contributed by atoms with E-state index in [-0.39, 0.29) is 10.6 Å². The van der Waals surface area contributed by atoms with Gasteiger partial charge in [0.25, 0.3) is 5.56 Å². The summed E-state index contributed by atoms with van der Waals surface area (Å²) < 4.78 is 0. The number of H-pyrrole nitrogens is 1. The first kappa shape index (κ1) is 12.1. The van der Waals surface area contributed by atoms with Gasteiger partial charge in [-0.15, -0.1) is 11.3 Å². The molecule has 90 valence electrons. The molecule has 0 unspecified atom stereocenters. The minimum atomic E-state index is -0.432. The van der Waals surface area contributed by atoms with E-state index in [4.69, 9.17) is 11.6 Å². The average molecular weight is 271 g/mol. The van der Waals surface area contributed by atoms with Gasteiger partial charge in [-0.3, -0.25) is 4.79 Å². The summed E-state index contributed by atoms with van der Waals surface area (Å²) in [7, 11) is 0. The van der Waals surface area contributed by atoms with Gasteiger partial charge in [0.15, 0.2) is 5.82 Å². The van der Waals surface area contributed by atoms with E-state index in [9.17, 15) is 4.79 Å². The summed E-state index contributed by atoms with van der Waals surface area (Å²) >= 11 is 7.40. The summed E-state index contributed by atoms with van der Waals surface area (Å²) in [5.41, 5.74) is -0.794. The van der Waals surface area contributed by atoms with Gasteiger partial charge in [0.05, 0.1) is 11.9 Å². The number of halogens is 1. The zero-order valence-corrected chi connectivity index (χ0v) is 10.9. The Morgan fingerprint density at radius 3 is 2.88 bits per heavy atom. The maximum Gasteiger partial charge on any atom is 0.271 e. The first-order chi connectivity index (χ1) is 8.00. The number of thiazole rings is 1. The molecular formula is C10H11ClN4OS. The number of aromatic amines is 1. The Labute approximate surface area is 107 Å². The topological polar surface area (TPSA) is 70.7 Å². The van der Waals surface area contributed by atoms with Crippen molar-refractivity contribution in [1.82, 2.24) is 15.0 Å². The Balaban J connectivity index is 2.33. The molecule has 0 bridgehead atoms. The van der Waals surface area contributed by atoms with Crippen LogP contribution in [-0.4, -0.2) is 15.0 Å². The fourth-order valence-electron chi connectivity index (χ4n) is 1.35. The lowest BCUT2D eigenvalue weighted by Gasteiger charge is -2.24. The quantitative estimate of drug-likeness (QED) is 0.897. The van der Waals surface area contributed by atoms with Gasteiger partial charge in [-0.05, 0) is 13.8 Å². The Hall–Kier alpha value is -1.40. The van der Waals surface area contributed by atoms with Crippen LogP contribution in [-0.2, 0) is 5.54 Å². The van der Waals surface area contributed by atoms with E-state index in [1.54, 1.807) is 6.20 Å². The molecule has 0 aromatic carbocycles. The molecule has 0 spiro atoms. The third-order valence-electron chi connectivity index (χ3n) is 2.19. The van der Waals surface area contributed by atoms with E-state index >= 15 is 0 Å². The molecule has 17 heavy (non-hydrogen) atoms. The number of hydrogen-bond donors (Lipinski definition) is 2. The highest BCUT2D eigenvalue weighted by Crippen LogP contribution is 2.27. The Bertz CT molecular complexity index is 564. The van der Waals surface area contributed by atoms with Crippen LogP contribution < -0.4 is 10.9 Å². The van der Waals surface area contributed by atoms with Crippen LogP contribution in [0.15, 0.2) is 22.7 Å². The lowest BCUT2D eigenvalue weighted by molar-refractivity contribution is 0.600. The lowest BCUT2D eigenvalue weighted by Crippen LogP contribution is -2.29. The summed E-state index contributed by atoms with van der Waals surface area (Å²) in [6.07, 6.45) is 3.05. The van der Waals surface area contributed by atoms with Gasteiger partial charge >= 0.3 is 0 Å². The normalized spacial score (nSPS) is 11.5. The van der Waals surface area contributed by atoms with E-state index in [0.29, 0.717) is 5.82 Å². The first-order valence-electron chi connectivity index (χ1n) is 4.92. The number of nitrogens with zero attached hydrogens (tertiary/aromatic N) is 2. The molecule has 0 atom stereocenters. The number of rotatable bonds is 3.